The van der Waals surface area contributed by atoms with Gasteiger partial charge in [-0.05, 0) is 30.3 Å². The van der Waals surface area contributed by atoms with Crippen LogP contribution in [-0.2, 0) is 5.88 Å². The summed E-state index contributed by atoms with van der Waals surface area (Å²) in [5.74, 6) is -0.172. The van der Waals surface area contributed by atoms with Crippen LogP contribution in [-0.4, -0.2) is 15.0 Å². The minimum Gasteiger partial charge on any atom is -0.399 e. The van der Waals surface area contributed by atoms with Crippen LogP contribution in [0.1, 0.15) is 0 Å². The number of fused-ring (bicyclic) bond motifs is 1. The first-order valence-electron chi connectivity index (χ1n) is 6.15. The number of anilines is 1. The van der Waals surface area contributed by atoms with E-state index >= 15 is 0 Å². The SMILES string of the molecule is Nc1cc(F)cc(SCn2nnc3ccccc3c2=O)c1. The first kappa shape index (κ1) is 13.6. The Morgan fingerprint density at radius 3 is 2.86 bits per heavy atom. The van der Waals surface area contributed by atoms with Gasteiger partial charge in [-0.3, -0.25) is 4.79 Å². The van der Waals surface area contributed by atoms with Crippen molar-refractivity contribution in [3.63, 3.8) is 0 Å². The molecule has 0 radical (unpaired) electrons. The molecular weight excluding hydrogens is 291 g/mol. The molecule has 7 heteroatoms. The second-order valence-electron chi connectivity index (χ2n) is 4.40. The van der Waals surface area contributed by atoms with Crippen LogP contribution in [0.15, 0.2) is 52.2 Å². The van der Waals surface area contributed by atoms with Crippen molar-refractivity contribution in [2.24, 2.45) is 0 Å². The van der Waals surface area contributed by atoms with E-state index in [1.165, 1.54) is 28.6 Å². The average molecular weight is 302 g/mol. The Labute approximate surface area is 123 Å². The Hall–Kier alpha value is -2.41. The molecule has 0 saturated heterocycles. The number of nitrogens with zero attached hydrogens (tertiary/aromatic N) is 3. The van der Waals surface area contributed by atoms with Crippen molar-refractivity contribution >= 4 is 28.4 Å². The molecule has 3 rings (SSSR count). The molecule has 21 heavy (non-hydrogen) atoms. The van der Waals surface area contributed by atoms with Crippen molar-refractivity contribution < 1.29 is 4.39 Å². The number of aromatic nitrogens is 3. The molecule has 0 spiro atoms. The second kappa shape index (κ2) is 5.53. The van der Waals surface area contributed by atoms with Gasteiger partial charge in [0.15, 0.2) is 0 Å². The third-order valence-corrected chi connectivity index (χ3v) is 3.82. The van der Waals surface area contributed by atoms with E-state index in [0.29, 0.717) is 21.5 Å². The van der Waals surface area contributed by atoms with Crippen molar-refractivity contribution in [2.45, 2.75) is 10.8 Å². The first-order chi connectivity index (χ1) is 10.1. The third-order valence-electron chi connectivity index (χ3n) is 2.88. The molecule has 0 amide bonds. The van der Waals surface area contributed by atoms with Crippen molar-refractivity contribution in [3.8, 4) is 0 Å². The zero-order chi connectivity index (χ0) is 14.8. The monoisotopic (exact) mass is 302 g/mol. The highest BCUT2D eigenvalue weighted by atomic mass is 32.2. The van der Waals surface area contributed by atoms with Gasteiger partial charge in [0, 0.05) is 10.6 Å². The Balaban J connectivity index is 1.88. The quantitative estimate of drug-likeness (QED) is 0.593. The third kappa shape index (κ3) is 2.87. The van der Waals surface area contributed by atoms with E-state index in [-0.39, 0.29) is 11.4 Å². The molecule has 0 aliphatic carbocycles. The van der Waals surface area contributed by atoms with Crippen LogP contribution in [0.4, 0.5) is 10.1 Å². The lowest BCUT2D eigenvalue weighted by atomic mass is 10.2. The largest absolute Gasteiger partial charge is 0.399 e. The summed E-state index contributed by atoms with van der Waals surface area (Å²) >= 11 is 1.27. The molecular formula is C14H11FN4OS. The zero-order valence-corrected chi connectivity index (χ0v) is 11.7. The van der Waals surface area contributed by atoms with E-state index in [2.05, 4.69) is 10.3 Å². The van der Waals surface area contributed by atoms with E-state index in [4.69, 9.17) is 5.73 Å². The highest BCUT2D eigenvalue weighted by Gasteiger charge is 2.06. The number of hydrogen-bond donors (Lipinski definition) is 1. The average Bonchev–Trinajstić information content (AvgIpc) is 2.46. The van der Waals surface area contributed by atoms with Crippen molar-refractivity contribution in [2.75, 3.05) is 5.73 Å². The summed E-state index contributed by atoms with van der Waals surface area (Å²) in [5.41, 5.74) is 6.25. The lowest BCUT2D eigenvalue weighted by Gasteiger charge is -2.05. The Morgan fingerprint density at radius 2 is 2.05 bits per heavy atom. The number of halogens is 1. The molecule has 0 aliphatic rings. The number of nitrogens with two attached hydrogens (primary N) is 1. The molecule has 0 bridgehead atoms. The van der Waals surface area contributed by atoms with Crippen LogP contribution in [0.2, 0.25) is 0 Å². The molecule has 0 saturated carbocycles. The Morgan fingerprint density at radius 1 is 1.24 bits per heavy atom. The lowest BCUT2D eigenvalue weighted by molar-refractivity contribution is 0.624. The fourth-order valence-electron chi connectivity index (χ4n) is 1.91. The summed E-state index contributed by atoms with van der Waals surface area (Å²) in [6.45, 7) is 0. The summed E-state index contributed by atoms with van der Waals surface area (Å²) in [5, 5.41) is 8.37. The van der Waals surface area contributed by atoms with Crippen LogP contribution < -0.4 is 11.3 Å². The maximum Gasteiger partial charge on any atom is 0.278 e. The van der Waals surface area contributed by atoms with Gasteiger partial charge >= 0.3 is 0 Å². The van der Waals surface area contributed by atoms with Crippen molar-refractivity contribution in [3.05, 3.63) is 58.6 Å². The number of hydrogen-bond acceptors (Lipinski definition) is 5. The molecule has 0 fully saturated rings. The van der Waals surface area contributed by atoms with Crippen LogP contribution in [0.25, 0.3) is 10.9 Å². The fraction of sp³-hybridized carbons (Fsp3) is 0.0714. The van der Waals surface area contributed by atoms with Gasteiger partial charge in [0.1, 0.15) is 11.3 Å². The highest BCUT2D eigenvalue weighted by Crippen LogP contribution is 2.22. The van der Waals surface area contributed by atoms with Gasteiger partial charge in [-0.1, -0.05) is 17.3 Å². The van der Waals surface area contributed by atoms with Crippen LogP contribution in [0.5, 0.6) is 0 Å². The lowest BCUT2D eigenvalue weighted by Crippen LogP contribution is -2.23. The van der Waals surface area contributed by atoms with Gasteiger partial charge in [0.05, 0.1) is 11.3 Å². The Kier molecular flexibility index (Phi) is 3.57. The first-order valence-corrected chi connectivity index (χ1v) is 7.13. The summed E-state index contributed by atoms with van der Waals surface area (Å²) < 4.78 is 14.5. The zero-order valence-electron chi connectivity index (χ0n) is 10.9. The van der Waals surface area contributed by atoms with E-state index in [0.717, 1.165) is 0 Å². The summed E-state index contributed by atoms with van der Waals surface area (Å²) in [6, 6.07) is 11.3. The van der Waals surface area contributed by atoms with Gasteiger partial charge in [0.2, 0.25) is 0 Å². The van der Waals surface area contributed by atoms with E-state index < -0.39 is 5.82 Å². The van der Waals surface area contributed by atoms with Crippen molar-refractivity contribution in [1.29, 1.82) is 0 Å². The Bertz CT molecular complexity index is 845. The molecule has 0 atom stereocenters. The van der Waals surface area contributed by atoms with Crippen molar-refractivity contribution in [1.82, 2.24) is 15.0 Å². The number of rotatable bonds is 3. The van der Waals surface area contributed by atoms with Gasteiger partial charge in [-0.2, -0.15) is 0 Å². The molecule has 2 N–H and O–H groups in total. The van der Waals surface area contributed by atoms with Crippen LogP contribution in [0.3, 0.4) is 0 Å². The topological polar surface area (TPSA) is 73.8 Å². The molecule has 106 valence electrons. The predicted molar refractivity (Wildman–Crippen MR) is 80.5 cm³/mol. The van der Waals surface area contributed by atoms with Gasteiger partial charge in [-0.15, -0.1) is 16.9 Å². The minimum atomic E-state index is -0.408. The summed E-state index contributed by atoms with van der Waals surface area (Å²) in [7, 11) is 0. The van der Waals surface area contributed by atoms with Gasteiger partial charge < -0.3 is 5.73 Å². The molecule has 3 aromatic rings. The van der Waals surface area contributed by atoms with Crippen LogP contribution >= 0.6 is 11.8 Å². The molecule has 0 unspecified atom stereocenters. The van der Waals surface area contributed by atoms with E-state index in [9.17, 15) is 9.18 Å². The van der Waals surface area contributed by atoms with Gasteiger partial charge in [0.25, 0.3) is 5.56 Å². The standard InChI is InChI=1S/C14H11FN4OS/c15-9-5-10(16)7-11(6-9)21-8-19-14(20)12-3-1-2-4-13(12)17-18-19/h1-7H,8,16H2. The molecule has 2 aromatic carbocycles. The molecule has 0 aliphatic heterocycles. The van der Waals surface area contributed by atoms with E-state index in [1.54, 1.807) is 30.3 Å². The smallest absolute Gasteiger partial charge is 0.278 e. The summed E-state index contributed by atoms with van der Waals surface area (Å²) in [4.78, 5) is 12.9. The molecule has 1 heterocycles. The normalized spacial score (nSPS) is 10.9. The van der Waals surface area contributed by atoms with Crippen LogP contribution in [0, 0.1) is 5.82 Å². The maximum atomic E-state index is 13.3. The maximum absolute atomic E-state index is 13.3. The summed E-state index contributed by atoms with van der Waals surface area (Å²) in [6.07, 6.45) is 0. The second-order valence-corrected chi connectivity index (χ2v) is 5.42. The predicted octanol–water partition coefficient (Wildman–Crippen LogP) is 2.26. The number of thioether (sulfide) groups is 1. The minimum absolute atomic E-state index is 0.225. The van der Waals surface area contributed by atoms with Gasteiger partial charge in [-0.25, -0.2) is 9.07 Å². The number of benzene rings is 2. The molecule has 5 nitrogen and oxygen atoms in total. The number of nitrogen functional groups attached to an aromatic ring is 1. The van der Waals surface area contributed by atoms with E-state index in [1.807, 2.05) is 0 Å². The fourth-order valence-corrected chi connectivity index (χ4v) is 2.77. The molecule has 1 aromatic heterocycles. The highest BCUT2D eigenvalue weighted by molar-refractivity contribution is 7.98.